The molecule has 1 saturated heterocycles. The van der Waals surface area contributed by atoms with E-state index in [1.807, 2.05) is 22.7 Å². The first kappa shape index (κ1) is 18.3. The van der Waals surface area contributed by atoms with Gasteiger partial charge < -0.3 is 9.47 Å². The van der Waals surface area contributed by atoms with E-state index in [2.05, 4.69) is 9.88 Å². The van der Waals surface area contributed by atoms with Crippen molar-refractivity contribution in [1.29, 1.82) is 0 Å². The van der Waals surface area contributed by atoms with Gasteiger partial charge in [-0.05, 0) is 12.1 Å². The Bertz CT molecular complexity index is 916. The van der Waals surface area contributed by atoms with E-state index in [1.165, 1.54) is 12.1 Å². The standard InChI is InChI=1S/C16H21N5O4S/c1-18-6-5-17-16(18)12-19-7-9-20(10-8-19)13-3-4-14(21(22)23)15(11-13)26(2,24)25/h3-6,11H,7-10,12H2,1-2H3. The minimum absolute atomic E-state index is 0.240. The van der Waals surface area contributed by atoms with Crippen molar-refractivity contribution in [2.45, 2.75) is 11.4 Å². The second-order valence-corrected chi connectivity index (χ2v) is 8.38. The molecular formula is C16H21N5O4S. The number of hydrogen-bond acceptors (Lipinski definition) is 7. The molecule has 2 heterocycles. The average molecular weight is 379 g/mol. The number of piperazine rings is 1. The monoisotopic (exact) mass is 379 g/mol. The van der Waals surface area contributed by atoms with Gasteiger partial charge >= 0.3 is 0 Å². The third-order valence-electron chi connectivity index (χ3n) is 4.56. The number of nitro groups is 1. The van der Waals surface area contributed by atoms with Gasteiger partial charge in [0.25, 0.3) is 5.69 Å². The molecule has 0 N–H and O–H groups in total. The van der Waals surface area contributed by atoms with Crippen molar-refractivity contribution in [3.8, 4) is 0 Å². The molecule has 1 aromatic carbocycles. The Morgan fingerprint density at radius 3 is 2.46 bits per heavy atom. The fraction of sp³-hybridized carbons (Fsp3) is 0.438. The lowest BCUT2D eigenvalue weighted by atomic mass is 10.2. The zero-order valence-corrected chi connectivity index (χ0v) is 15.5. The Morgan fingerprint density at radius 2 is 1.92 bits per heavy atom. The SMILES string of the molecule is Cn1ccnc1CN1CCN(c2ccc([N+](=O)[O-])c(S(C)(=O)=O)c2)CC1. The Balaban J connectivity index is 1.73. The van der Waals surface area contributed by atoms with Gasteiger partial charge in [-0.15, -0.1) is 0 Å². The van der Waals surface area contributed by atoms with E-state index in [0.717, 1.165) is 31.7 Å². The van der Waals surface area contributed by atoms with Crippen LogP contribution >= 0.6 is 0 Å². The quantitative estimate of drug-likeness (QED) is 0.565. The summed E-state index contributed by atoms with van der Waals surface area (Å²) in [6.07, 6.45) is 4.67. The maximum Gasteiger partial charge on any atom is 0.288 e. The number of aromatic nitrogens is 2. The maximum absolute atomic E-state index is 11.9. The van der Waals surface area contributed by atoms with E-state index < -0.39 is 14.8 Å². The van der Waals surface area contributed by atoms with Crippen LogP contribution in [0.4, 0.5) is 11.4 Å². The second kappa shape index (κ2) is 7.04. The summed E-state index contributed by atoms with van der Waals surface area (Å²) in [5, 5.41) is 11.1. The summed E-state index contributed by atoms with van der Waals surface area (Å²) < 4.78 is 25.8. The van der Waals surface area contributed by atoms with Crippen molar-refractivity contribution in [3.05, 3.63) is 46.5 Å². The maximum atomic E-state index is 11.9. The van der Waals surface area contributed by atoms with Crippen LogP contribution in [0.15, 0.2) is 35.5 Å². The molecule has 1 fully saturated rings. The smallest absolute Gasteiger partial charge is 0.288 e. The summed E-state index contributed by atoms with van der Waals surface area (Å²) in [6.45, 7) is 3.79. The number of aryl methyl sites for hydroxylation is 1. The van der Waals surface area contributed by atoms with Crippen molar-refractivity contribution >= 4 is 21.2 Å². The number of nitrogens with zero attached hydrogens (tertiary/aromatic N) is 5. The van der Waals surface area contributed by atoms with Crippen LogP contribution in [0, 0.1) is 10.1 Å². The molecule has 2 aromatic rings. The van der Waals surface area contributed by atoms with Crippen LogP contribution in [0.2, 0.25) is 0 Å². The molecule has 0 aliphatic carbocycles. The van der Waals surface area contributed by atoms with Crippen LogP contribution in [0.5, 0.6) is 0 Å². The molecular weight excluding hydrogens is 358 g/mol. The third kappa shape index (κ3) is 3.86. The molecule has 0 unspecified atom stereocenters. The number of imidazole rings is 1. The van der Waals surface area contributed by atoms with Gasteiger partial charge in [0.15, 0.2) is 9.84 Å². The van der Waals surface area contributed by atoms with Gasteiger partial charge in [0.1, 0.15) is 10.7 Å². The fourth-order valence-electron chi connectivity index (χ4n) is 3.06. The number of nitro benzene ring substituents is 1. The van der Waals surface area contributed by atoms with Crippen LogP contribution in [0.25, 0.3) is 0 Å². The highest BCUT2D eigenvalue weighted by Crippen LogP contribution is 2.29. The van der Waals surface area contributed by atoms with Crippen LogP contribution in [-0.4, -0.2) is 60.2 Å². The van der Waals surface area contributed by atoms with Crippen LogP contribution in [0.1, 0.15) is 5.82 Å². The summed E-state index contributed by atoms with van der Waals surface area (Å²) in [5.74, 6) is 0.994. The van der Waals surface area contributed by atoms with Gasteiger partial charge in [0.2, 0.25) is 0 Å². The van der Waals surface area contributed by atoms with Crippen LogP contribution in [-0.2, 0) is 23.4 Å². The zero-order valence-electron chi connectivity index (χ0n) is 14.7. The molecule has 0 bridgehead atoms. The predicted molar refractivity (Wildman–Crippen MR) is 96.9 cm³/mol. The summed E-state index contributed by atoms with van der Waals surface area (Å²) in [7, 11) is -1.72. The number of sulfone groups is 1. The fourth-order valence-corrected chi connectivity index (χ4v) is 3.92. The molecule has 26 heavy (non-hydrogen) atoms. The van der Waals surface area contributed by atoms with Gasteiger partial charge in [-0.25, -0.2) is 13.4 Å². The highest BCUT2D eigenvalue weighted by atomic mass is 32.2. The Morgan fingerprint density at radius 1 is 1.23 bits per heavy atom. The number of hydrogen-bond donors (Lipinski definition) is 0. The molecule has 0 saturated carbocycles. The molecule has 0 atom stereocenters. The van der Waals surface area contributed by atoms with Gasteiger partial charge in [-0.3, -0.25) is 15.0 Å². The first-order valence-corrected chi connectivity index (χ1v) is 10.1. The van der Waals surface area contributed by atoms with E-state index >= 15 is 0 Å². The van der Waals surface area contributed by atoms with Gasteiger partial charge in [0, 0.05) is 63.6 Å². The second-order valence-electron chi connectivity index (χ2n) is 6.40. The molecule has 0 radical (unpaired) electrons. The predicted octanol–water partition coefficient (Wildman–Crippen LogP) is 1.05. The summed E-state index contributed by atoms with van der Waals surface area (Å²) in [4.78, 5) is 18.8. The van der Waals surface area contributed by atoms with Crippen LogP contribution in [0.3, 0.4) is 0 Å². The van der Waals surface area contributed by atoms with Crippen molar-refractivity contribution in [2.75, 3.05) is 37.3 Å². The van der Waals surface area contributed by atoms with Crippen molar-refractivity contribution in [3.63, 3.8) is 0 Å². The summed E-state index contributed by atoms with van der Waals surface area (Å²) >= 11 is 0. The Kier molecular flexibility index (Phi) is 4.97. The lowest BCUT2D eigenvalue weighted by Crippen LogP contribution is -2.46. The molecule has 1 aromatic heterocycles. The van der Waals surface area contributed by atoms with Crippen molar-refractivity contribution in [1.82, 2.24) is 14.5 Å². The van der Waals surface area contributed by atoms with Crippen molar-refractivity contribution in [2.24, 2.45) is 7.05 Å². The zero-order chi connectivity index (χ0) is 18.9. The van der Waals surface area contributed by atoms with Gasteiger partial charge in [-0.2, -0.15) is 0 Å². The van der Waals surface area contributed by atoms with E-state index in [9.17, 15) is 18.5 Å². The Labute approximate surface area is 151 Å². The topological polar surface area (TPSA) is 102 Å². The third-order valence-corrected chi connectivity index (χ3v) is 5.69. The summed E-state index contributed by atoms with van der Waals surface area (Å²) in [6, 6.07) is 4.29. The summed E-state index contributed by atoms with van der Waals surface area (Å²) in [5.41, 5.74) is 0.303. The van der Waals surface area contributed by atoms with Crippen LogP contribution < -0.4 is 4.90 Å². The minimum atomic E-state index is -3.68. The van der Waals surface area contributed by atoms with E-state index in [0.29, 0.717) is 18.8 Å². The lowest BCUT2D eigenvalue weighted by molar-refractivity contribution is -0.387. The normalized spacial score (nSPS) is 16.0. The van der Waals surface area contributed by atoms with Gasteiger partial charge in [0.05, 0.1) is 11.5 Å². The number of benzene rings is 1. The molecule has 1 aliphatic rings. The minimum Gasteiger partial charge on any atom is -0.369 e. The van der Waals surface area contributed by atoms with E-state index in [4.69, 9.17) is 0 Å². The van der Waals surface area contributed by atoms with Crippen molar-refractivity contribution < 1.29 is 13.3 Å². The number of rotatable bonds is 5. The number of anilines is 1. The average Bonchev–Trinajstić information content (AvgIpc) is 2.99. The molecule has 140 valence electrons. The first-order chi connectivity index (χ1) is 12.3. The molecule has 3 rings (SSSR count). The van der Waals surface area contributed by atoms with E-state index in [-0.39, 0.29) is 10.6 Å². The molecule has 1 aliphatic heterocycles. The molecule has 0 spiro atoms. The van der Waals surface area contributed by atoms with Gasteiger partial charge in [-0.1, -0.05) is 0 Å². The Hall–Kier alpha value is -2.46. The van der Waals surface area contributed by atoms with E-state index in [1.54, 1.807) is 12.3 Å². The largest absolute Gasteiger partial charge is 0.369 e. The lowest BCUT2D eigenvalue weighted by Gasteiger charge is -2.36. The molecule has 9 nitrogen and oxygen atoms in total. The highest BCUT2D eigenvalue weighted by molar-refractivity contribution is 7.90. The molecule has 10 heteroatoms. The molecule has 0 amide bonds. The first-order valence-electron chi connectivity index (χ1n) is 8.17. The highest BCUT2D eigenvalue weighted by Gasteiger charge is 2.25.